The molecule has 7 heteroatoms. The number of ether oxygens (including phenoxy) is 2. The van der Waals surface area contributed by atoms with Crippen molar-refractivity contribution in [3.63, 3.8) is 0 Å². The van der Waals surface area contributed by atoms with Crippen molar-refractivity contribution < 1.29 is 14.3 Å². The lowest BCUT2D eigenvalue weighted by Gasteiger charge is -2.10. The van der Waals surface area contributed by atoms with Crippen LogP contribution in [0.2, 0.25) is 0 Å². The summed E-state index contributed by atoms with van der Waals surface area (Å²) in [6.45, 7) is 4.01. The number of hydrogen-bond donors (Lipinski definition) is 1. The van der Waals surface area contributed by atoms with Crippen LogP contribution in [-0.4, -0.2) is 34.9 Å². The van der Waals surface area contributed by atoms with Crippen molar-refractivity contribution in [3.05, 3.63) is 83.7 Å². The van der Waals surface area contributed by atoms with E-state index in [0.717, 1.165) is 22.4 Å². The van der Waals surface area contributed by atoms with Crippen molar-refractivity contribution in [3.8, 4) is 28.6 Å². The highest BCUT2D eigenvalue weighted by Gasteiger charge is 2.21. The second-order valence-electron chi connectivity index (χ2n) is 7.35. The first kappa shape index (κ1) is 21.1. The van der Waals surface area contributed by atoms with E-state index in [-0.39, 0.29) is 5.82 Å². The van der Waals surface area contributed by atoms with Gasteiger partial charge in [0.15, 0.2) is 5.82 Å². The van der Waals surface area contributed by atoms with E-state index in [9.17, 15) is 4.79 Å². The summed E-state index contributed by atoms with van der Waals surface area (Å²) in [5.74, 6) is 1.30. The Bertz CT molecular complexity index is 1280. The lowest BCUT2D eigenvalue weighted by molar-refractivity contribution is 0.101. The van der Waals surface area contributed by atoms with Crippen LogP contribution in [0.1, 0.15) is 21.7 Å². The zero-order chi connectivity index (χ0) is 22.7. The van der Waals surface area contributed by atoms with Crippen LogP contribution in [-0.2, 0) is 0 Å². The molecule has 4 aromatic rings. The molecule has 32 heavy (non-hydrogen) atoms. The minimum Gasteiger partial charge on any atom is -0.497 e. The molecule has 0 aliphatic heterocycles. The van der Waals surface area contributed by atoms with Gasteiger partial charge < -0.3 is 14.8 Å². The molecule has 0 fully saturated rings. The second-order valence-corrected chi connectivity index (χ2v) is 7.35. The average Bonchev–Trinajstić information content (AvgIpc) is 3.25. The van der Waals surface area contributed by atoms with Gasteiger partial charge in [0.2, 0.25) is 5.82 Å². The molecule has 0 bridgehead atoms. The van der Waals surface area contributed by atoms with Crippen molar-refractivity contribution in [2.75, 3.05) is 19.5 Å². The van der Waals surface area contributed by atoms with Gasteiger partial charge in [0, 0.05) is 11.6 Å². The highest BCUT2D eigenvalue weighted by atomic mass is 16.5. The number of nitrogens with one attached hydrogen (secondary N) is 1. The predicted molar refractivity (Wildman–Crippen MR) is 124 cm³/mol. The van der Waals surface area contributed by atoms with Crippen molar-refractivity contribution in [2.45, 2.75) is 13.8 Å². The number of aryl methyl sites for hydroxylation is 2. The van der Waals surface area contributed by atoms with E-state index < -0.39 is 5.91 Å². The number of amides is 1. The SMILES string of the molecule is COc1ccc(OC)c(NC(=O)c2nc(-c3cccc(C)c3)n(-c3ccccc3C)n2)c1. The first-order chi connectivity index (χ1) is 15.5. The summed E-state index contributed by atoms with van der Waals surface area (Å²) >= 11 is 0. The van der Waals surface area contributed by atoms with E-state index in [0.29, 0.717) is 23.0 Å². The quantitative estimate of drug-likeness (QED) is 0.476. The fourth-order valence-electron chi connectivity index (χ4n) is 3.44. The van der Waals surface area contributed by atoms with Gasteiger partial charge in [-0.25, -0.2) is 9.67 Å². The van der Waals surface area contributed by atoms with Crippen molar-refractivity contribution in [1.29, 1.82) is 0 Å². The molecule has 0 saturated carbocycles. The molecule has 1 aromatic heterocycles. The third-order valence-electron chi connectivity index (χ3n) is 5.08. The second kappa shape index (κ2) is 8.93. The maximum Gasteiger partial charge on any atom is 0.295 e. The predicted octanol–water partition coefficient (Wildman–Crippen LogP) is 4.82. The minimum atomic E-state index is -0.446. The smallest absolute Gasteiger partial charge is 0.295 e. The summed E-state index contributed by atoms with van der Waals surface area (Å²) in [5, 5.41) is 7.40. The maximum absolute atomic E-state index is 13.1. The number of anilines is 1. The number of para-hydroxylation sites is 1. The first-order valence-electron chi connectivity index (χ1n) is 10.1. The van der Waals surface area contributed by atoms with Gasteiger partial charge >= 0.3 is 0 Å². The number of aromatic nitrogens is 3. The molecule has 0 atom stereocenters. The topological polar surface area (TPSA) is 78.3 Å². The van der Waals surface area contributed by atoms with Crippen LogP contribution in [0.5, 0.6) is 11.5 Å². The fourth-order valence-corrected chi connectivity index (χ4v) is 3.44. The Hall–Kier alpha value is -4.13. The summed E-state index contributed by atoms with van der Waals surface area (Å²) in [6, 6.07) is 21.0. The Balaban J connectivity index is 1.78. The Morgan fingerprint density at radius 2 is 1.75 bits per heavy atom. The molecule has 4 rings (SSSR count). The van der Waals surface area contributed by atoms with Crippen LogP contribution in [0, 0.1) is 13.8 Å². The number of hydrogen-bond acceptors (Lipinski definition) is 5. The van der Waals surface area contributed by atoms with E-state index in [1.165, 1.54) is 0 Å². The number of methoxy groups -OCH3 is 2. The van der Waals surface area contributed by atoms with E-state index in [1.54, 1.807) is 37.1 Å². The molecule has 0 radical (unpaired) electrons. The standard InChI is InChI=1S/C25H24N4O3/c1-16-8-7-10-18(14-16)24-27-23(28-29(24)21-11-6-5-9-17(21)2)25(30)26-20-15-19(31-3)12-13-22(20)32-4/h5-15H,1-4H3,(H,26,30). The zero-order valence-electron chi connectivity index (χ0n) is 18.4. The molecular formula is C25H24N4O3. The summed E-state index contributed by atoms with van der Waals surface area (Å²) < 4.78 is 12.3. The molecule has 0 aliphatic rings. The summed E-state index contributed by atoms with van der Waals surface area (Å²) in [7, 11) is 3.10. The van der Waals surface area contributed by atoms with E-state index in [4.69, 9.17) is 9.47 Å². The number of benzene rings is 3. The molecule has 1 N–H and O–H groups in total. The van der Waals surface area contributed by atoms with Crippen LogP contribution < -0.4 is 14.8 Å². The van der Waals surface area contributed by atoms with Gasteiger partial charge in [-0.15, -0.1) is 5.10 Å². The molecule has 7 nitrogen and oxygen atoms in total. The van der Waals surface area contributed by atoms with E-state index in [2.05, 4.69) is 15.4 Å². The Kier molecular flexibility index (Phi) is 5.89. The number of carbonyl (C=O) groups excluding carboxylic acids is 1. The highest BCUT2D eigenvalue weighted by Crippen LogP contribution is 2.30. The van der Waals surface area contributed by atoms with Gasteiger partial charge in [-0.05, 0) is 43.7 Å². The number of rotatable bonds is 6. The van der Waals surface area contributed by atoms with Gasteiger partial charge in [0.1, 0.15) is 11.5 Å². The van der Waals surface area contributed by atoms with Gasteiger partial charge in [0.05, 0.1) is 25.6 Å². The Labute approximate surface area is 186 Å². The van der Waals surface area contributed by atoms with Crippen LogP contribution >= 0.6 is 0 Å². The summed E-state index contributed by atoms with van der Waals surface area (Å²) in [5.41, 5.74) is 4.32. The lowest BCUT2D eigenvalue weighted by atomic mass is 10.1. The lowest BCUT2D eigenvalue weighted by Crippen LogP contribution is -2.15. The molecule has 3 aromatic carbocycles. The van der Waals surface area contributed by atoms with E-state index >= 15 is 0 Å². The third kappa shape index (κ3) is 4.18. The average molecular weight is 428 g/mol. The van der Waals surface area contributed by atoms with E-state index in [1.807, 2.05) is 62.4 Å². The fraction of sp³-hybridized carbons (Fsp3) is 0.160. The van der Waals surface area contributed by atoms with Gasteiger partial charge in [0.25, 0.3) is 5.91 Å². The normalized spacial score (nSPS) is 10.6. The maximum atomic E-state index is 13.1. The van der Waals surface area contributed by atoms with Crippen molar-refractivity contribution in [1.82, 2.24) is 14.8 Å². The largest absolute Gasteiger partial charge is 0.497 e. The van der Waals surface area contributed by atoms with Crippen LogP contribution in [0.3, 0.4) is 0 Å². The molecular weight excluding hydrogens is 404 g/mol. The number of nitrogens with zero attached hydrogens (tertiary/aromatic N) is 3. The zero-order valence-corrected chi connectivity index (χ0v) is 18.4. The first-order valence-corrected chi connectivity index (χ1v) is 10.1. The van der Waals surface area contributed by atoms with Gasteiger partial charge in [-0.2, -0.15) is 0 Å². The molecule has 1 amide bonds. The summed E-state index contributed by atoms with van der Waals surface area (Å²) in [6.07, 6.45) is 0. The Morgan fingerprint density at radius 3 is 2.47 bits per heavy atom. The van der Waals surface area contributed by atoms with Crippen LogP contribution in [0.15, 0.2) is 66.7 Å². The summed E-state index contributed by atoms with van der Waals surface area (Å²) in [4.78, 5) is 17.7. The van der Waals surface area contributed by atoms with Crippen molar-refractivity contribution in [2.24, 2.45) is 0 Å². The van der Waals surface area contributed by atoms with Crippen LogP contribution in [0.25, 0.3) is 17.1 Å². The molecule has 0 saturated heterocycles. The monoisotopic (exact) mass is 428 g/mol. The third-order valence-corrected chi connectivity index (χ3v) is 5.08. The molecule has 0 aliphatic carbocycles. The van der Waals surface area contributed by atoms with Crippen LogP contribution in [0.4, 0.5) is 5.69 Å². The van der Waals surface area contributed by atoms with Crippen molar-refractivity contribution >= 4 is 11.6 Å². The molecule has 0 spiro atoms. The Morgan fingerprint density at radius 1 is 0.938 bits per heavy atom. The molecule has 0 unspecified atom stereocenters. The highest BCUT2D eigenvalue weighted by molar-refractivity contribution is 6.02. The number of carbonyl (C=O) groups is 1. The molecule has 162 valence electrons. The minimum absolute atomic E-state index is 0.0506. The molecule has 1 heterocycles. The van der Waals surface area contributed by atoms with Gasteiger partial charge in [-0.3, -0.25) is 4.79 Å². The van der Waals surface area contributed by atoms with Gasteiger partial charge in [-0.1, -0.05) is 42.0 Å².